The average Bonchev–Trinajstić information content (AvgIpc) is 2.75. The van der Waals surface area contributed by atoms with Crippen LogP contribution >= 0.6 is 0 Å². The minimum Gasteiger partial charge on any atom is -0.497 e. The molecule has 0 saturated carbocycles. The van der Waals surface area contributed by atoms with Crippen molar-refractivity contribution in [3.63, 3.8) is 0 Å². The number of benzene rings is 2. The Labute approximate surface area is 170 Å². The third-order valence-electron chi connectivity index (χ3n) is 4.23. The van der Waals surface area contributed by atoms with Crippen molar-refractivity contribution in [1.29, 1.82) is 5.26 Å². The Morgan fingerprint density at radius 3 is 2.50 bits per heavy atom. The predicted octanol–water partition coefficient (Wildman–Crippen LogP) is 2.32. The van der Waals surface area contributed by atoms with E-state index in [1.165, 1.54) is 25.3 Å². The molecule has 0 aliphatic rings. The van der Waals surface area contributed by atoms with Crippen LogP contribution in [0.1, 0.15) is 27.2 Å². The van der Waals surface area contributed by atoms with E-state index in [9.17, 15) is 19.2 Å². The monoisotopic (exact) mass is 405 g/mol. The first-order valence-electron chi connectivity index (χ1n) is 8.72. The number of carbonyl (C=O) groups excluding carboxylic acids is 1. The van der Waals surface area contributed by atoms with Crippen molar-refractivity contribution in [2.24, 2.45) is 5.10 Å². The highest BCUT2D eigenvalue weighted by atomic mass is 19.1. The summed E-state index contributed by atoms with van der Waals surface area (Å²) in [7, 11) is 1.56. The zero-order valence-corrected chi connectivity index (χ0v) is 16.1. The van der Waals surface area contributed by atoms with Crippen molar-refractivity contribution in [3.05, 3.63) is 87.1 Å². The molecule has 0 unspecified atom stereocenters. The lowest BCUT2D eigenvalue weighted by molar-refractivity contribution is 0.0947. The first-order valence-corrected chi connectivity index (χ1v) is 8.72. The molecule has 30 heavy (non-hydrogen) atoms. The van der Waals surface area contributed by atoms with Crippen LogP contribution < -0.4 is 15.7 Å². The van der Waals surface area contributed by atoms with Crippen LogP contribution in [0.4, 0.5) is 4.39 Å². The number of nitrogens with zero attached hydrogens (tertiary/aromatic N) is 4. The maximum absolute atomic E-state index is 13.2. The first-order chi connectivity index (χ1) is 14.4. The lowest BCUT2D eigenvalue weighted by atomic mass is 10.1. The largest absolute Gasteiger partial charge is 0.497 e. The van der Waals surface area contributed by atoms with Gasteiger partial charge in [0.05, 0.1) is 19.0 Å². The van der Waals surface area contributed by atoms with Gasteiger partial charge in [0, 0.05) is 5.56 Å². The second kappa shape index (κ2) is 8.79. The maximum atomic E-state index is 13.2. The number of halogens is 1. The van der Waals surface area contributed by atoms with Crippen LogP contribution in [0.5, 0.6) is 5.75 Å². The van der Waals surface area contributed by atoms with Crippen molar-refractivity contribution >= 4 is 12.1 Å². The second-order valence-corrected chi connectivity index (χ2v) is 6.13. The van der Waals surface area contributed by atoms with Gasteiger partial charge in [-0.25, -0.2) is 9.82 Å². The number of carbonyl (C=O) groups is 1. The summed E-state index contributed by atoms with van der Waals surface area (Å²) in [6.07, 6.45) is 1.42. The van der Waals surface area contributed by atoms with Crippen LogP contribution in [-0.2, 0) is 0 Å². The van der Waals surface area contributed by atoms with Gasteiger partial charge in [-0.2, -0.15) is 20.1 Å². The van der Waals surface area contributed by atoms with Gasteiger partial charge in [0.2, 0.25) is 0 Å². The number of rotatable bonds is 5. The molecule has 3 rings (SSSR count). The number of hydrogen-bond acceptors (Lipinski definition) is 6. The summed E-state index contributed by atoms with van der Waals surface area (Å²) >= 11 is 0. The van der Waals surface area contributed by atoms with Crippen molar-refractivity contribution in [2.45, 2.75) is 6.92 Å². The highest BCUT2D eigenvalue weighted by Crippen LogP contribution is 2.12. The van der Waals surface area contributed by atoms with Crippen LogP contribution in [0, 0.1) is 24.1 Å². The summed E-state index contributed by atoms with van der Waals surface area (Å²) in [4.78, 5) is 25.1. The van der Waals surface area contributed by atoms with Gasteiger partial charge in [-0.1, -0.05) is 0 Å². The molecule has 0 atom stereocenters. The Kier molecular flexibility index (Phi) is 5.98. The van der Waals surface area contributed by atoms with Crippen LogP contribution in [0.15, 0.2) is 58.4 Å². The molecule has 2 aromatic carbocycles. The zero-order chi connectivity index (χ0) is 21.7. The molecular formula is C21H16FN5O3. The molecule has 1 N–H and O–H groups in total. The molecule has 0 fully saturated rings. The Balaban J connectivity index is 1.92. The lowest BCUT2D eigenvalue weighted by Gasteiger charge is -2.10. The van der Waals surface area contributed by atoms with Gasteiger partial charge in [-0.3, -0.25) is 9.59 Å². The van der Waals surface area contributed by atoms with E-state index in [2.05, 4.69) is 15.6 Å². The summed E-state index contributed by atoms with van der Waals surface area (Å²) in [5, 5.41) is 17.3. The number of hydrogen-bond donors (Lipinski definition) is 1. The molecule has 0 saturated heterocycles. The Hall–Kier alpha value is -4.32. The van der Waals surface area contributed by atoms with Crippen molar-refractivity contribution in [1.82, 2.24) is 15.2 Å². The highest BCUT2D eigenvalue weighted by molar-refractivity contribution is 5.94. The van der Waals surface area contributed by atoms with E-state index in [0.29, 0.717) is 5.75 Å². The van der Waals surface area contributed by atoms with E-state index in [-0.39, 0.29) is 22.5 Å². The van der Waals surface area contributed by atoms with Crippen LogP contribution in [-0.4, -0.2) is 29.0 Å². The zero-order valence-electron chi connectivity index (χ0n) is 16.1. The Morgan fingerprint density at radius 2 is 1.90 bits per heavy atom. The van der Waals surface area contributed by atoms with Crippen LogP contribution in [0.2, 0.25) is 0 Å². The molecule has 3 aromatic rings. The van der Waals surface area contributed by atoms with E-state index >= 15 is 0 Å². The topological polar surface area (TPSA) is 109 Å². The molecular weight excluding hydrogens is 389 g/mol. The van der Waals surface area contributed by atoms with E-state index in [4.69, 9.17) is 4.74 Å². The average molecular weight is 405 g/mol. The fourth-order valence-electron chi connectivity index (χ4n) is 2.62. The van der Waals surface area contributed by atoms with Crippen molar-refractivity contribution in [2.75, 3.05) is 7.11 Å². The molecule has 8 nitrogen and oxygen atoms in total. The lowest BCUT2D eigenvalue weighted by Crippen LogP contribution is -2.31. The second-order valence-electron chi connectivity index (χ2n) is 6.13. The van der Waals surface area contributed by atoms with Crippen LogP contribution in [0.25, 0.3) is 5.69 Å². The van der Waals surface area contributed by atoms with Gasteiger partial charge in [0.25, 0.3) is 11.5 Å². The molecule has 150 valence electrons. The standard InChI is InChI=1S/C21H16FN5O3/c1-13-18(11-23)21(29)27(16-7-5-15(22)6-8-16)26-19(13)20(28)25-24-12-14-3-9-17(30-2)10-4-14/h3-10,12H,1-2H3,(H,25,28)/b24-12+. The molecule has 0 aliphatic carbocycles. The Bertz CT molecular complexity index is 1210. The molecule has 0 spiro atoms. The third kappa shape index (κ3) is 4.23. The van der Waals surface area contributed by atoms with Gasteiger partial charge in [-0.05, 0) is 61.0 Å². The summed E-state index contributed by atoms with van der Waals surface area (Å²) in [5.74, 6) is -0.516. The maximum Gasteiger partial charge on any atom is 0.292 e. The Morgan fingerprint density at radius 1 is 1.23 bits per heavy atom. The van der Waals surface area contributed by atoms with E-state index in [1.54, 1.807) is 37.4 Å². The van der Waals surface area contributed by atoms with Crippen LogP contribution in [0.3, 0.4) is 0 Å². The third-order valence-corrected chi connectivity index (χ3v) is 4.23. The molecule has 0 radical (unpaired) electrons. The molecule has 1 heterocycles. The summed E-state index contributed by atoms with van der Waals surface area (Å²) in [6, 6.07) is 13.7. The van der Waals surface area contributed by atoms with Crippen molar-refractivity contribution in [3.8, 4) is 17.5 Å². The van der Waals surface area contributed by atoms with Gasteiger partial charge >= 0.3 is 0 Å². The number of hydrazone groups is 1. The fourth-order valence-corrected chi connectivity index (χ4v) is 2.62. The smallest absolute Gasteiger partial charge is 0.292 e. The van der Waals surface area contributed by atoms with E-state index < -0.39 is 17.3 Å². The number of aromatic nitrogens is 2. The number of amides is 1. The minimum atomic E-state index is -0.708. The fraction of sp³-hybridized carbons (Fsp3) is 0.0952. The van der Waals surface area contributed by atoms with Gasteiger partial charge in [-0.15, -0.1) is 0 Å². The SMILES string of the molecule is COc1ccc(/C=N/NC(=O)c2nn(-c3ccc(F)cc3)c(=O)c(C#N)c2C)cc1. The predicted molar refractivity (Wildman–Crippen MR) is 107 cm³/mol. The molecule has 0 bridgehead atoms. The number of nitriles is 1. The van der Waals surface area contributed by atoms with Gasteiger partial charge < -0.3 is 4.74 Å². The summed E-state index contributed by atoms with van der Waals surface area (Å²) < 4.78 is 19.1. The molecule has 1 amide bonds. The summed E-state index contributed by atoms with van der Waals surface area (Å²) in [5.41, 5.74) is 2.29. The number of ether oxygens (including phenoxy) is 1. The highest BCUT2D eigenvalue weighted by Gasteiger charge is 2.20. The first kappa shape index (κ1) is 20.4. The van der Waals surface area contributed by atoms with E-state index in [1.807, 2.05) is 0 Å². The molecule has 0 aliphatic heterocycles. The van der Waals surface area contributed by atoms with E-state index in [0.717, 1.165) is 22.4 Å². The van der Waals surface area contributed by atoms with Crippen molar-refractivity contribution < 1.29 is 13.9 Å². The van der Waals surface area contributed by atoms with Gasteiger partial charge in [0.1, 0.15) is 23.2 Å². The molecule has 9 heteroatoms. The number of methoxy groups -OCH3 is 1. The summed E-state index contributed by atoms with van der Waals surface area (Å²) in [6.45, 7) is 1.45. The minimum absolute atomic E-state index is 0.123. The van der Waals surface area contributed by atoms with Gasteiger partial charge in [0.15, 0.2) is 5.69 Å². The molecule has 1 aromatic heterocycles. The quantitative estimate of drug-likeness (QED) is 0.518. The normalized spacial score (nSPS) is 10.6. The number of nitrogens with one attached hydrogen (secondary N) is 1.